The van der Waals surface area contributed by atoms with Gasteiger partial charge in [0.05, 0.1) is 31.4 Å². The van der Waals surface area contributed by atoms with Crippen LogP contribution in [0.25, 0.3) is 22.2 Å². The first-order valence-electron chi connectivity index (χ1n) is 10.8. The molecule has 1 N–H and O–H groups in total. The highest BCUT2D eigenvalue weighted by Crippen LogP contribution is 2.30. The van der Waals surface area contributed by atoms with Crippen molar-refractivity contribution in [1.82, 2.24) is 9.78 Å². The quantitative estimate of drug-likeness (QED) is 0.282. The number of anilines is 1. The first-order chi connectivity index (χ1) is 17.0. The van der Waals surface area contributed by atoms with Gasteiger partial charge in [0.2, 0.25) is 0 Å². The number of aromatic nitrogens is 2. The molecular weight excluding hydrogens is 453 g/mol. The first kappa shape index (κ1) is 24.1. The van der Waals surface area contributed by atoms with Crippen LogP contribution in [-0.4, -0.2) is 49.1 Å². The number of ether oxygens (including phenoxy) is 3. The molecule has 0 saturated heterocycles. The number of esters is 1. The second kappa shape index (κ2) is 10.9. The molecule has 1 heterocycles. The van der Waals surface area contributed by atoms with Gasteiger partial charge in [-0.2, -0.15) is 5.10 Å². The molecule has 4 rings (SSSR count). The van der Waals surface area contributed by atoms with Crippen molar-refractivity contribution in [2.24, 2.45) is 0 Å². The van der Waals surface area contributed by atoms with Gasteiger partial charge in [0, 0.05) is 29.3 Å². The number of amides is 1. The molecule has 3 aromatic carbocycles. The van der Waals surface area contributed by atoms with Crippen LogP contribution in [0.1, 0.15) is 20.7 Å². The van der Waals surface area contributed by atoms with Crippen LogP contribution in [0, 0.1) is 5.82 Å². The standard InChI is InChI=1S/C26H24FN3O5/c1-33-13-14-35-16-30-23-12-11-21(15-22(23)24(29-30)17-7-9-20(27)10-8-17)28-25(31)18-3-5-19(6-4-18)26(32)34-2/h3-12,15H,13-14,16H2,1-2H3,(H,28,31). The molecule has 0 aliphatic carbocycles. The lowest BCUT2D eigenvalue weighted by Gasteiger charge is -2.08. The second-order valence-electron chi connectivity index (χ2n) is 7.64. The number of carbonyl (C=O) groups excluding carboxylic acids is 2. The molecule has 0 aliphatic heterocycles. The number of methoxy groups -OCH3 is 2. The maximum Gasteiger partial charge on any atom is 0.337 e. The maximum absolute atomic E-state index is 13.5. The Kier molecular flexibility index (Phi) is 7.49. The van der Waals surface area contributed by atoms with Gasteiger partial charge in [-0.3, -0.25) is 4.79 Å². The minimum Gasteiger partial charge on any atom is -0.465 e. The minimum absolute atomic E-state index is 0.208. The number of nitrogens with zero attached hydrogens (tertiary/aromatic N) is 2. The van der Waals surface area contributed by atoms with Crippen molar-refractivity contribution in [2.75, 3.05) is 32.8 Å². The summed E-state index contributed by atoms with van der Waals surface area (Å²) in [5.74, 6) is -1.15. The number of benzene rings is 3. The average molecular weight is 477 g/mol. The lowest BCUT2D eigenvalue weighted by Crippen LogP contribution is -2.12. The van der Waals surface area contributed by atoms with Crippen LogP contribution in [0.5, 0.6) is 0 Å². The van der Waals surface area contributed by atoms with Gasteiger partial charge < -0.3 is 19.5 Å². The lowest BCUT2D eigenvalue weighted by molar-refractivity contribution is 0.0309. The Morgan fingerprint density at radius 1 is 0.943 bits per heavy atom. The summed E-state index contributed by atoms with van der Waals surface area (Å²) in [5.41, 5.74) is 3.46. The average Bonchev–Trinajstić information content (AvgIpc) is 3.24. The molecule has 0 aliphatic rings. The molecule has 9 heteroatoms. The van der Waals surface area contributed by atoms with Crippen LogP contribution in [0.4, 0.5) is 10.1 Å². The van der Waals surface area contributed by atoms with E-state index in [0.29, 0.717) is 35.7 Å². The van der Waals surface area contributed by atoms with Gasteiger partial charge in [-0.25, -0.2) is 13.9 Å². The summed E-state index contributed by atoms with van der Waals surface area (Å²) in [6.07, 6.45) is 0. The molecule has 0 saturated carbocycles. The van der Waals surface area contributed by atoms with E-state index < -0.39 is 5.97 Å². The molecule has 1 amide bonds. The van der Waals surface area contributed by atoms with Gasteiger partial charge in [0.25, 0.3) is 5.91 Å². The number of carbonyl (C=O) groups is 2. The van der Waals surface area contributed by atoms with Gasteiger partial charge >= 0.3 is 5.97 Å². The number of hydrogen-bond donors (Lipinski definition) is 1. The molecule has 1 aromatic heterocycles. The van der Waals surface area contributed by atoms with Crippen molar-refractivity contribution in [3.05, 3.63) is 83.7 Å². The molecule has 8 nitrogen and oxygen atoms in total. The fraction of sp³-hybridized carbons (Fsp3) is 0.192. The fourth-order valence-electron chi connectivity index (χ4n) is 3.55. The van der Waals surface area contributed by atoms with E-state index in [-0.39, 0.29) is 18.5 Å². The van der Waals surface area contributed by atoms with E-state index in [2.05, 4.69) is 15.2 Å². The molecule has 0 spiro atoms. The summed E-state index contributed by atoms with van der Waals surface area (Å²) in [6.45, 7) is 1.08. The summed E-state index contributed by atoms with van der Waals surface area (Å²) in [6, 6.07) is 17.6. The van der Waals surface area contributed by atoms with Gasteiger partial charge in [-0.05, 0) is 66.7 Å². The van der Waals surface area contributed by atoms with Crippen LogP contribution >= 0.6 is 0 Å². The minimum atomic E-state index is -0.473. The van der Waals surface area contributed by atoms with E-state index in [1.54, 1.807) is 42.1 Å². The third kappa shape index (κ3) is 5.53. The van der Waals surface area contributed by atoms with Gasteiger partial charge in [0.1, 0.15) is 18.2 Å². The Morgan fingerprint density at radius 3 is 2.34 bits per heavy atom. The highest BCUT2D eigenvalue weighted by atomic mass is 19.1. The Labute approximate surface area is 201 Å². The third-order valence-electron chi connectivity index (χ3n) is 5.34. The molecule has 0 atom stereocenters. The number of halogens is 1. The van der Waals surface area contributed by atoms with E-state index in [4.69, 9.17) is 9.47 Å². The largest absolute Gasteiger partial charge is 0.465 e. The smallest absolute Gasteiger partial charge is 0.337 e. The highest BCUT2D eigenvalue weighted by Gasteiger charge is 2.15. The zero-order valence-electron chi connectivity index (χ0n) is 19.3. The van der Waals surface area contributed by atoms with E-state index in [1.807, 2.05) is 12.1 Å². The molecule has 0 unspecified atom stereocenters. The monoisotopic (exact) mass is 477 g/mol. The van der Waals surface area contributed by atoms with Crippen molar-refractivity contribution in [3.8, 4) is 11.3 Å². The second-order valence-corrected chi connectivity index (χ2v) is 7.64. The number of rotatable bonds is 9. The Morgan fingerprint density at radius 2 is 1.66 bits per heavy atom. The summed E-state index contributed by atoms with van der Waals surface area (Å²) < 4.78 is 30.5. The SMILES string of the molecule is COCCOCn1nc(-c2ccc(F)cc2)c2cc(NC(=O)c3ccc(C(=O)OC)cc3)ccc21. The zero-order valence-corrected chi connectivity index (χ0v) is 19.3. The van der Waals surface area contributed by atoms with Crippen molar-refractivity contribution >= 4 is 28.5 Å². The van der Waals surface area contributed by atoms with Crippen molar-refractivity contribution in [2.45, 2.75) is 6.73 Å². The zero-order chi connectivity index (χ0) is 24.8. The summed E-state index contributed by atoms with van der Waals surface area (Å²) in [7, 11) is 2.90. The normalized spacial score (nSPS) is 10.9. The predicted molar refractivity (Wildman–Crippen MR) is 129 cm³/mol. The van der Waals surface area contributed by atoms with E-state index in [0.717, 1.165) is 16.5 Å². The predicted octanol–water partition coefficient (Wildman–Crippen LogP) is 4.50. The summed E-state index contributed by atoms with van der Waals surface area (Å²) in [4.78, 5) is 24.4. The van der Waals surface area contributed by atoms with Gasteiger partial charge in [-0.1, -0.05) is 0 Å². The van der Waals surface area contributed by atoms with Crippen LogP contribution in [-0.2, 0) is 20.9 Å². The topological polar surface area (TPSA) is 91.7 Å². The number of fused-ring (bicyclic) bond motifs is 1. The molecular formula is C26H24FN3O5. The molecule has 0 fully saturated rings. The van der Waals surface area contributed by atoms with Gasteiger partial charge in [0.15, 0.2) is 0 Å². The summed E-state index contributed by atoms with van der Waals surface area (Å²) in [5, 5.41) is 8.31. The Bertz CT molecular complexity index is 1330. The molecule has 4 aromatic rings. The highest BCUT2D eigenvalue weighted by molar-refractivity contribution is 6.06. The van der Waals surface area contributed by atoms with Gasteiger partial charge in [-0.15, -0.1) is 0 Å². The van der Waals surface area contributed by atoms with E-state index in [9.17, 15) is 14.0 Å². The van der Waals surface area contributed by atoms with Crippen LogP contribution in [0.3, 0.4) is 0 Å². The summed E-state index contributed by atoms with van der Waals surface area (Å²) >= 11 is 0. The molecule has 180 valence electrons. The third-order valence-corrected chi connectivity index (χ3v) is 5.34. The fourth-order valence-corrected chi connectivity index (χ4v) is 3.55. The molecule has 35 heavy (non-hydrogen) atoms. The van der Waals surface area contributed by atoms with E-state index in [1.165, 1.54) is 31.4 Å². The van der Waals surface area contributed by atoms with Crippen molar-refractivity contribution < 1.29 is 28.2 Å². The van der Waals surface area contributed by atoms with Crippen LogP contribution in [0.15, 0.2) is 66.7 Å². The Balaban J connectivity index is 1.63. The van der Waals surface area contributed by atoms with Crippen LogP contribution in [0.2, 0.25) is 0 Å². The number of hydrogen-bond acceptors (Lipinski definition) is 6. The first-order valence-corrected chi connectivity index (χ1v) is 10.8. The van der Waals surface area contributed by atoms with Crippen LogP contribution < -0.4 is 5.32 Å². The lowest BCUT2D eigenvalue weighted by atomic mass is 10.1. The van der Waals surface area contributed by atoms with Crippen molar-refractivity contribution in [1.29, 1.82) is 0 Å². The Hall–Kier alpha value is -4.08. The molecule has 0 radical (unpaired) electrons. The van der Waals surface area contributed by atoms with E-state index >= 15 is 0 Å². The van der Waals surface area contributed by atoms with Crippen molar-refractivity contribution in [3.63, 3.8) is 0 Å². The number of nitrogens with one attached hydrogen (secondary N) is 1. The maximum atomic E-state index is 13.5. The molecule has 0 bridgehead atoms.